The Morgan fingerprint density at radius 3 is 2.63 bits per heavy atom. The Bertz CT molecular complexity index is 632. The van der Waals surface area contributed by atoms with Gasteiger partial charge in [-0.05, 0) is 28.1 Å². The molecule has 0 fully saturated rings. The van der Waals surface area contributed by atoms with E-state index in [4.69, 9.17) is 5.11 Å². The summed E-state index contributed by atoms with van der Waals surface area (Å²) in [7, 11) is 1.63. The van der Waals surface area contributed by atoms with Gasteiger partial charge in [0, 0.05) is 7.05 Å². The normalized spacial score (nSPS) is 10.2. The summed E-state index contributed by atoms with van der Waals surface area (Å²) in [6.45, 7) is 0. The van der Waals surface area contributed by atoms with E-state index in [0.29, 0.717) is 10.2 Å². The second-order valence-corrected chi connectivity index (χ2v) is 4.62. The maximum absolute atomic E-state index is 12.1. The van der Waals surface area contributed by atoms with E-state index in [1.165, 1.54) is 23.0 Å². The minimum atomic E-state index is -1.10. The van der Waals surface area contributed by atoms with Crippen LogP contribution in [0.1, 0.15) is 20.8 Å². The van der Waals surface area contributed by atoms with Crippen molar-refractivity contribution >= 4 is 33.5 Å². The molecule has 1 heterocycles. The van der Waals surface area contributed by atoms with Gasteiger partial charge in [0.2, 0.25) is 0 Å². The van der Waals surface area contributed by atoms with Crippen LogP contribution in [0.2, 0.25) is 0 Å². The number of halogens is 1. The van der Waals surface area contributed by atoms with Crippen molar-refractivity contribution in [1.29, 1.82) is 0 Å². The standard InChI is InChI=1S/C12H10BrN3O3/c1-16-10(8(13)6-14-16)11(17)15-9-5-3-2-4-7(9)12(18)19/h2-6H,1H3,(H,15,17)(H,18,19). The minimum absolute atomic E-state index is 0.0362. The molecule has 2 N–H and O–H groups in total. The van der Waals surface area contributed by atoms with Gasteiger partial charge in [0.1, 0.15) is 5.69 Å². The number of carbonyl (C=O) groups excluding carboxylic acids is 1. The first kappa shape index (κ1) is 13.3. The summed E-state index contributed by atoms with van der Waals surface area (Å²) >= 11 is 3.22. The molecule has 1 aromatic heterocycles. The Morgan fingerprint density at radius 1 is 1.37 bits per heavy atom. The number of para-hydroxylation sites is 1. The summed E-state index contributed by atoms with van der Waals surface area (Å²) in [5, 5.41) is 15.5. The zero-order valence-electron chi connectivity index (χ0n) is 9.92. The molecular weight excluding hydrogens is 314 g/mol. The first-order valence-corrected chi connectivity index (χ1v) is 6.11. The number of benzene rings is 1. The van der Waals surface area contributed by atoms with Gasteiger partial charge >= 0.3 is 5.97 Å². The van der Waals surface area contributed by atoms with E-state index >= 15 is 0 Å². The van der Waals surface area contributed by atoms with Gasteiger partial charge < -0.3 is 10.4 Å². The maximum atomic E-state index is 12.1. The molecule has 7 heteroatoms. The molecule has 0 spiro atoms. The molecule has 1 amide bonds. The highest BCUT2D eigenvalue weighted by Gasteiger charge is 2.18. The first-order chi connectivity index (χ1) is 9.00. The van der Waals surface area contributed by atoms with Gasteiger partial charge in [0.15, 0.2) is 0 Å². The lowest BCUT2D eigenvalue weighted by Gasteiger charge is -2.08. The summed E-state index contributed by atoms with van der Waals surface area (Å²) < 4.78 is 1.95. The molecule has 19 heavy (non-hydrogen) atoms. The lowest BCUT2D eigenvalue weighted by atomic mass is 10.2. The number of aromatic nitrogens is 2. The number of carboxylic acids is 1. The molecule has 2 rings (SSSR count). The fourth-order valence-corrected chi connectivity index (χ4v) is 2.15. The van der Waals surface area contributed by atoms with Crippen LogP contribution in [0.4, 0.5) is 5.69 Å². The molecule has 1 aromatic carbocycles. The predicted octanol–water partition coefficient (Wildman–Crippen LogP) is 2.13. The number of nitrogens with zero attached hydrogens (tertiary/aromatic N) is 2. The van der Waals surface area contributed by atoms with Crippen molar-refractivity contribution in [3.05, 3.63) is 46.2 Å². The van der Waals surface area contributed by atoms with Crippen molar-refractivity contribution < 1.29 is 14.7 Å². The fraction of sp³-hybridized carbons (Fsp3) is 0.0833. The number of aryl methyl sites for hydroxylation is 1. The summed E-state index contributed by atoms with van der Waals surface area (Å²) in [5.74, 6) is -1.53. The van der Waals surface area contributed by atoms with Crippen LogP contribution in [0.5, 0.6) is 0 Å². The number of hydrogen-bond donors (Lipinski definition) is 2. The molecule has 2 aromatic rings. The lowest BCUT2D eigenvalue weighted by molar-refractivity contribution is 0.0698. The van der Waals surface area contributed by atoms with Crippen LogP contribution < -0.4 is 5.32 Å². The van der Waals surface area contributed by atoms with Crippen molar-refractivity contribution in [2.75, 3.05) is 5.32 Å². The van der Waals surface area contributed by atoms with Gasteiger partial charge in [0.25, 0.3) is 5.91 Å². The zero-order valence-corrected chi connectivity index (χ0v) is 11.5. The first-order valence-electron chi connectivity index (χ1n) is 5.32. The summed E-state index contributed by atoms with van der Waals surface area (Å²) in [6.07, 6.45) is 1.50. The average Bonchev–Trinajstić information content (AvgIpc) is 2.69. The summed E-state index contributed by atoms with van der Waals surface area (Å²) in [4.78, 5) is 23.1. The molecule has 6 nitrogen and oxygen atoms in total. The molecule has 0 unspecified atom stereocenters. The third-order valence-corrected chi connectivity index (χ3v) is 3.10. The zero-order chi connectivity index (χ0) is 14.0. The smallest absolute Gasteiger partial charge is 0.337 e. The van der Waals surface area contributed by atoms with Crippen LogP contribution in [-0.4, -0.2) is 26.8 Å². The number of nitrogens with one attached hydrogen (secondary N) is 1. The monoisotopic (exact) mass is 323 g/mol. The summed E-state index contributed by atoms with van der Waals surface area (Å²) in [5.41, 5.74) is 0.599. The van der Waals surface area contributed by atoms with Crippen LogP contribution in [0.25, 0.3) is 0 Å². The van der Waals surface area contributed by atoms with Gasteiger partial charge in [-0.2, -0.15) is 5.10 Å². The molecule has 98 valence electrons. The number of carboxylic acid groups (broad SMARTS) is 1. The Balaban J connectivity index is 2.32. The highest BCUT2D eigenvalue weighted by molar-refractivity contribution is 9.10. The maximum Gasteiger partial charge on any atom is 0.337 e. The van der Waals surface area contributed by atoms with E-state index in [-0.39, 0.29) is 11.3 Å². The number of rotatable bonds is 3. The Morgan fingerprint density at radius 2 is 2.05 bits per heavy atom. The van der Waals surface area contributed by atoms with Crippen molar-refractivity contribution in [3.63, 3.8) is 0 Å². The highest BCUT2D eigenvalue weighted by Crippen LogP contribution is 2.19. The molecule has 0 saturated carbocycles. The van der Waals surface area contributed by atoms with Crippen LogP contribution in [0, 0.1) is 0 Å². The molecular formula is C12H10BrN3O3. The Labute approximate surface area is 117 Å². The lowest BCUT2D eigenvalue weighted by Crippen LogP contribution is -2.18. The second kappa shape index (κ2) is 5.23. The molecule has 0 atom stereocenters. The van der Waals surface area contributed by atoms with E-state index in [1.54, 1.807) is 19.2 Å². The van der Waals surface area contributed by atoms with E-state index in [2.05, 4.69) is 26.3 Å². The molecule has 0 bridgehead atoms. The summed E-state index contributed by atoms with van der Waals surface area (Å²) in [6, 6.07) is 6.21. The van der Waals surface area contributed by atoms with Crippen molar-refractivity contribution in [1.82, 2.24) is 9.78 Å². The van der Waals surface area contributed by atoms with Crippen molar-refractivity contribution in [3.8, 4) is 0 Å². The van der Waals surface area contributed by atoms with E-state index in [9.17, 15) is 9.59 Å². The van der Waals surface area contributed by atoms with Gasteiger partial charge in [-0.1, -0.05) is 12.1 Å². The quantitative estimate of drug-likeness (QED) is 0.906. The molecule has 0 aliphatic heterocycles. The third kappa shape index (κ3) is 2.65. The number of hydrogen-bond acceptors (Lipinski definition) is 3. The van der Waals surface area contributed by atoms with E-state index in [0.717, 1.165) is 0 Å². The number of carbonyl (C=O) groups is 2. The van der Waals surface area contributed by atoms with Crippen LogP contribution in [0.15, 0.2) is 34.9 Å². The highest BCUT2D eigenvalue weighted by atomic mass is 79.9. The number of amides is 1. The molecule has 0 saturated heterocycles. The van der Waals surface area contributed by atoms with Crippen molar-refractivity contribution in [2.45, 2.75) is 0 Å². The third-order valence-electron chi connectivity index (χ3n) is 2.51. The predicted molar refractivity (Wildman–Crippen MR) is 72.3 cm³/mol. The number of aromatic carboxylic acids is 1. The fourth-order valence-electron chi connectivity index (χ4n) is 1.63. The molecule has 0 aliphatic carbocycles. The SMILES string of the molecule is Cn1ncc(Br)c1C(=O)Nc1ccccc1C(=O)O. The largest absolute Gasteiger partial charge is 0.478 e. The Hall–Kier alpha value is -2.15. The van der Waals surface area contributed by atoms with Crippen LogP contribution in [-0.2, 0) is 7.05 Å². The van der Waals surface area contributed by atoms with Gasteiger partial charge in [-0.3, -0.25) is 9.48 Å². The number of anilines is 1. The van der Waals surface area contributed by atoms with Crippen LogP contribution in [0.3, 0.4) is 0 Å². The van der Waals surface area contributed by atoms with E-state index < -0.39 is 11.9 Å². The second-order valence-electron chi connectivity index (χ2n) is 3.77. The van der Waals surface area contributed by atoms with Crippen molar-refractivity contribution in [2.24, 2.45) is 7.05 Å². The van der Waals surface area contributed by atoms with Crippen LogP contribution >= 0.6 is 15.9 Å². The topological polar surface area (TPSA) is 84.2 Å². The van der Waals surface area contributed by atoms with E-state index in [1.807, 2.05) is 0 Å². The van der Waals surface area contributed by atoms with Gasteiger partial charge in [0.05, 0.1) is 21.9 Å². The molecule has 0 aliphatic rings. The molecule has 0 radical (unpaired) electrons. The Kier molecular flexibility index (Phi) is 3.66. The minimum Gasteiger partial charge on any atom is -0.478 e. The van der Waals surface area contributed by atoms with Gasteiger partial charge in [-0.15, -0.1) is 0 Å². The van der Waals surface area contributed by atoms with Gasteiger partial charge in [-0.25, -0.2) is 4.79 Å². The average molecular weight is 324 g/mol.